The lowest BCUT2D eigenvalue weighted by molar-refractivity contribution is 0.302. The SMILES string of the molecule is CCCCCCCCOc1ccc(CCc2ccc(-c3ccc(C4CCC(C)CC4)c(F)c3F)cc2)c(F)c1. The molecular formula is C35H43F3O. The molecule has 3 aromatic carbocycles. The molecule has 0 spiro atoms. The lowest BCUT2D eigenvalue weighted by Crippen LogP contribution is -2.13. The van der Waals surface area contributed by atoms with Gasteiger partial charge >= 0.3 is 0 Å². The minimum atomic E-state index is -0.764. The van der Waals surface area contributed by atoms with Gasteiger partial charge in [-0.15, -0.1) is 0 Å². The number of halogens is 3. The molecule has 0 radical (unpaired) electrons. The largest absolute Gasteiger partial charge is 0.493 e. The van der Waals surface area contributed by atoms with Crippen LogP contribution in [-0.4, -0.2) is 6.61 Å². The summed E-state index contributed by atoms with van der Waals surface area (Å²) in [5.74, 6) is -0.375. The fraction of sp³-hybridized carbons (Fsp3) is 0.486. The molecular weight excluding hydrogens is 493 g/mol. The molecule has 1 fully saturated rings. The molecule has 1 aliphatic rings. The number of hydrogen-bond acceptors (Lipinski definition) is 1. The predicted molar refractivity (Wildman–Crippen MR) is 155 cm³/mol. The summed E-state index contributed by atoms with van der Waals surface area (Å²) in [6.07, 6.45) is 12.3. The summed E-state index contributed by atoms with van der Waals surface area (Å²) < 4.78 is 50.5. The molecule has 0 aliphatic heterocycles. The van der Waals surface area contributed by atoms with Gasteiger partial charge in [0.1, 0.15) is 11.6 Å². The van der Waals surface area contributed by atoms with Crippen LogP contribution in [0.25, 0.3) is 11.1 Å². The highest BCUT2D eigenvalue weighted by Gasteiger charge is 2.25. The van der Waals surface area contributed by atoms with E-state index in [1.165, 1.54) is 31.7 Å². The Hall–Kier alpha value is -2.75. The molecule has 39 heavy (non-hydrogen) atoms. The fourth-order valence-electron chi connectivity index (χ4n) is 5.70. The second kappa shape index (κ2) is 14.6. The van der Waals surface area contributed by atoms with Crippen molar-refractivity contribution in [2.24, 2.45) is 5.92 Å². The van der Waals surface area contributed by atoms with Crippen molar-refractivity contribution in [2.75, 3.05) is 6.61 Å². The minimum absolute atomic E-state index is 0.105. The summed E-state index contributed by atoms with van der Waals surface area (Å²) in [6.45, 7) is 5.05. The van der Waals surface area contributed by atoms with Gasteiger partial charge < -0.3 is 4.74 Å². The molecule has 4 rings (SSSR count). The zero-order chi connectivity index (χ0) is 27.6. The van der Waals surface area contributed by atoms with Crippen molar-refractivity contribution in [3.63, 3.8) is 0 Å². The number of hydrogen-bond donors (Lipinski definition) is 0. The number of unbranched alkanes of at least 4 members (excludes halogenated alkanes) is 5. The van der Waals surface area contributed by atoms with Gasteiger partial charge in [0.2, 0.25) is 0 Å². The van der Waals surface area contributed by atoms with E-state index in [-0.39, 0.29) is 17.3 Å². The Morgan fingerprint density at radius 2 is 1.46 bits per heavy atom. The average molecular weight is 537 g/mol. The third kappa shape index (κ3) is 8.13. The summed E-state index contributed by atoms with van der Waals surface area (Å²) in [5.41, 5.74) is 3.12. The zero-order valence-electron chi connectivity index (χ0n) is 23.6. The smallest absolute Gasteiger partial charge is 0.166 e. The molecule has 0 bridgehead atoms. The first-order valence-corrected chi connectivity index (χ1v) is 14.9. The maximum atomic E-state index is 15.1. The van der Waals surface area contributed by atoms with Gasteiger partial charge in [-0.1, -0.05) is 101 Å². The van der Waals surface area contributed by atoms with Crippen molar-refractivity contribution in [3.8, 4) is 16.9 Å². The third-order valence-electron chi connectivity index (χ3n) is 8.31. The van der Waals surface area contributed by atoms with Crippen LogP contribution in [0.1, 0.15) is 101 Å². The maximum Gasteiger partial charge on any atom is 0.166 e. The first-order valence-electron chi connectivity index (χ1n) is 14.9. The van der Waals surface area contributed by atoms with Crippen molar-refractivity contribution in [1.29, 1.82) is 0 Å². The normalized spacial score (nSPS) is 17.4. The summed E-state index contributed by atoms with van der Waals surface area (Å²) in [4.78, 5) is 0. The highest BCUT2D eigenvalue weighted by Crippen LogP contribution is 2.38. The Bertz CT molecular complexity index is 1180. The molecule has 0 atom stereocenters. The van der Waals surface area contributed by atoms with E-state index >= 15 is 8.78 Å². The van der Waals surface area contributed by atoms with E-state index in [4.69, 9.17) is 4.74 Å². The topological polar surface area (TPSA) is 9.23 Å². The standard InChI is InChI=1S/C35H43F3O/c1-3-4-5-6-7-8-23-39-30-20-19-29(33(36)24-30)18-13-26-11-16-28(17-12-26)32-22-21-31(34(37)35(32)38)27-14-9-25(2)10-15-27/h11-12,16-17,19-22,24-25,27H,3-10,13-15,18,23H2,1-2H3. The van der Waals surface area contributed by atoms with Crippen LogP contribution in [0.15, 0.2) is 54.6 Å². The summed E-state index contributed by atoms with van der Waals surface area (Å²) in [5, 5.41) is 0. The lowest BCUT2D eigenvalue weighted by Gasteiger charge is -2.27. The first kappa shape index (κ1) is 29.2. The molecule has 3 aromatic rings. The Kier molecular flexibility index (Phi) is 10.9. The first-order chi connectivity index (χ1) is 19.0. The molecule has 1 aliphatic carbocycles. The molecule has 0 aromatic heterocycles. The maximum absolute atomic E-state index is 15.1. The molecule has 1 saturated carbocycles. The number of aryl methyl sites for hydroxylation is 2. The average Bonchev–Trinajstić information content (AvgIpc) is 2.94. The van der Waals surface area contributed by atoms with Crippen LogP contribution in [0.4, 0.5) is 13.2 Å². The predicted octanol–water partition coefficient (Wildman–Crippen LogP) is 10.6. The molecule has 210 valence electrons. The van der Waals surface area contributed by atoms with E-state index in [1.807, 2.05) is 30.3 Å². The van der Waals surface area contributed by atoms with Gasteiger partial charge in [0.05, 0.1) is 6.61 Å². The Morgan fingerprint density at radius 3 is 2.18 bits per heavy atom. The number of ether oxygens (including phenoxy) is 1. The molecule has 1 nitrogen and oxygen atoms in total. The summed E-state index contributed by atoms with van der Waals surface area (Å²) >= 11 is 0. The van der Waals surface area contributed by atoms with Crippen molar-refractivity contribution in [3.05, 3.63) is 88.7 Å². The van der Waals surface area contributed by atoms with E-state index in [1.54, 1.807) is 18.2 Å². The van der Waals surface area contributed by atoms with Gasteiger partial charge in [0.25, 0.3) is 0 Å². The second-order valence-corrected chi connectivity index (χ2v) is 11.4. The Morgan fingerprint density at radius 1 is 0.744 bits per heavy atom. The van der Waals surface area contributed by atoms with Gasteiger partial charge in [-0.3, -0.25) is 0 Å². The van der Waals surface area contributed by atoms with Crippen LogP contribution in [0.5, 0.6) is 5.75 Å². The van der Waals surface area contributed by atoms with Gasteiger partial charge in [-0.05, 0) is 72.3 Å². The quantitative estimate of drug-likeness (QED) is 0.197. The summed E-state index contributed by atoms with van der Waals surface area (Å²) in [6, 6.07) is 16.1. The molecule has 4 heteroatoms. The van der Waals surface area contributed by atoms with Crippen LogP contribution in [0, 0.1) is 23.4 Å². The third-order valence-corrected chi connectivity index (χ3v) is 8.31. The van der Waals surface area contributed by atoms with E-state index in [2.05, 4.69) is 13.8 Å². The highest BCUT2D eigenvalue weighted by molar-refractivity contribution is 5.65. The van der Waals surface area contributed by atoms with Crippen molar-refractivity contribution >= 4 is 0 Å². The second-order valence-electron chi connectivity index (χ2n) is 11.4. The van der Waals surface area contributed by atoms with Crippen LogP contribution in [0.3, 0.4) is 0 Å². The van der Waals surface area contributed by atoms with Crippen LogP contribution < -0.4 is 4.74 Å². The van der Waals surface area contributed by atoms with Gasteiger partial charge in [-0.2, -0.15) is 0 Å². The Balaban J connectivity index is 1.29. The van der Waals surface area contributed by atoms with E-state index < -0.39 is 11.6 Å². The molecule has 0 amide bonds. The summed E-state index contributed by atoms with van der Waals surface area (Å²) in [7, 11) is 0. The van der Waals surface area contributed by atoms with Crippen LogP contribution in [-0.2, 0) is 12.8 Å². The number of benzene rings is 3. The monoisotopic (exact) mass is 536 g/mol. The minimum Gasteiger partial charge on any atom is -0.493 e. The van der Waals surface area contributed by atoms with Crippen LogP contribution >= 0.6 is 0 Å². The lowest BCUT2D eigenvalue weighted by atomic mass is 9.79. The van der Waals surface area contributed by atoms with Crippen molar-refractivity contribution in [2.45, 2.75) is 96.8 Å². The van der Waals surface area contributed by atoms with Crippen molar-refractivity contribution in [1.82, 2.24) is 0 Å². The molecule has 0 heterocycles. The van der Waals surface area contributed by atoms with E-state index in [9.17, 15) is 4.39 Å². The van der Waals surface area contributed by atoms with Crippen LogP contribution in [0.2, 0.25) is 0 Å². The van der Waals surface area contributed by atoms with E-state index in [0.29, 0.717) is 47.8 Å². The van der Waals surface area contributed by atoms with Gasteiger partial charge in [-0.25, -0.2) is 13.2 Å². The highest BCUT2D eigenvalue weighted by atomic mass is 19.2. The zero-order valence-corrected chi connectivity index (χ0v) is 23.6. The molecule has 0 saturated heterocycles. The van der Waals surface area contributed by atoms with E-state index in [0.717, 1.165) is 44.1 Å². The van der Waals surface area contributed by atoms with Gasteiger partial charge in [0, 0.05) is 11.6 Å². The Labute approximate surface area is 232 Å². The molecule has 0 unspecified atom stereocenters. The van der Waals surface area contributed by atoms with Crippen molar-refractivity contribution < 1.29 is 17.9 Å². The fourth-order valence-corrected chi connectivity index (χ4v) is 5.70. The number of rotatable bonds is 13. The van der Waals surface area contributed by atoms with Gasteiger partial charge in [0.15, 0.2) is 11.6 Å². The molecule has 0 N–H and O–H groups in total.